The standard InChI is InChI=1S/C16H22N4OS/c1-16(2,3)14-17-18-15(22-14)20-10-8-19(9-11-20)12-4-6-13(21)7-5-12/h4-7,21H,8-11H2,1-3H3. The van der Waals surface area contributed by atoms with Gasteiger partial charge in [-0.1, -0.05) is 32.1 Å². The molecule has 0 bridgehead atoms. The fraction of sp³-hybridized carbons (Fsp3) is 0.500. The molecule has 6 heteroatoms. The van der Waals surface area contributed by atoms with Gasteiger partial charge in [-0.2, -0.15) is 0 Å². The van der Waals surface area contributed by atoms with E-state index in [0.717, 1.165) is 42.0 Å². The van der Waals surface area contributed by atoms with Crippen molar-refractivity contribution in [2.24, 2.45) is 0 Å². The molecule has 0 saturated carbocycles. The number of benzene rings is 1. The predicted octanol–water partition coefficient (Wildman–Crippen LogP) is 2.87. The summed E-state index contributed by atoms with van der Waals surface area (Å²) in [6.07, 6.45) is 0. The monoisotopic (exact) mass is 318 g/mol. The lowest BCUT2D eigenvalue weighted by Gasteiger charge is -2.35. The topological polar surface area (TPSA) is 52.5 Å². The molecular weight excluding hydrogens is 296 g/mol. The number of phenols is 1. The Morgan fingerprint density at radius 1 is 0.955 bits per heavy atom. The van der Waals surface area contributed by atoms with E-state index in [1.165, 1.54) is 0 Å². The summed E-state index contributed by atoms with van der Waals surface area (Å²) in [6, 6.07) is 7.41. The predicted molar refractivity (Wildman–Crippen MR) is 91.1 cm³/mol. The number of aromatic hydroxyl groups is 1. The van der Waals surface area contributed by atoms with Gasteiger partial charge in [0.1, 0.15) is 10.8 Å². The zero-order valence-corrected chi connectivity index (χ0v) is 14.1. The van der Waals surface area contributed by atoms with Crippen LogP contribution >= 0.6 is 11.3 Å². The molecule has 1 aliphatic rings. The molecule has 2 heterocycles. The van der Waals surface area contributed by atoms with Gasteiger partial charge in [-0.05, 0) is 24.3 Å². The van der Waals surface area contributed by atoms with E-state index in [9.17, 15) is 5.11 Å². The van der Waals surface area contributed by atoms with Gasteiger partial charge in [0.25, 0.3) is 0 Å². The number of aromatic nitrogens is 2. The number of phenolic OH excluding ortho intramolecular Hbond substituents is 1. The van der Waals surface area contributed by atoms with E-state index < -0.39 is 0 Å². The molecule has 2 aromatic rings. The number of hydrogen-bond acceptors (Lipinski definition) is 6. The van der Waals surface area contributed by atoms with Gasteiger partial charge in [0.05, 0.1) is 0 Å². The minimum absolute atomic E-state index is 0.0593. The highest BCUT2D eigenvalue weighted by Gasteiger charge is 2.24. The molecule has 0 amide bonds. The van der Waals surface area contributed by atoms with Crippen molar-refractivity contribution in [3.8, 4) is 5.75 Å². The SMILES string of the molecule is CC(C)(C)c1nnc(N2CCN(c3ccc(O)cc3)CC2)s1. The summed E-state index contributed by atoms with van der Waals surface area (Å²) in [4.78, 5) is 4.64. The number of piperazine rings is 1. The van der Waals surface area contributed by atoms with Gasteiger partial charge < -0.3 is 14.9 Å². The summed E-state index contributed by atoms with van der Waals surface area (Å²) in [6.45, 7) is 10.3. The fourth-order valence-corrected chi connectivity index (χ4v) is 3.42. The van der Waals surface area contributed by atoms with Gasteiger partial charge in [0.2, 0.25) is 5.13 Å². The van der Waals surface area contributed by atoms with Gasteiger partial charge in [-0.25, -0.2) is 0 Å². The molecule has 0 radical (unpaired) electrons. The van der Waals surface area contributed by atoms with Crippen LogP contribution in [-0.2, 0) is 5.41 Å². The highest BCUT2D eigenvalue weighted by Crippen LogP contribution is 2.30. The summed E-state index contributed by atoms with van der Waals surface area (Å²) in [5, 5.41) is 20.2. The fourth-order valence-electron chi connectivity index (χ4n) is 2.47. The lowest BCUT2D eigenvalue weighted by atomic mass is 9.98. The van der Waals surface area contributed by atoms with Crippen LogP contribution in [0.2, 0.25) is 0 Å². The minimum atomic E-state index is 0.0593. The zero-order chi connectivity index (χ0) is 15.7. The van der Waals surface area contributed by atoms with Crippen molar-refractivity contribution in [2.75, 3.05) is 36.0 Å². The summed E-state index contributed by atoms with van der Waals surface area (Å²) < 4.78 is 0. The van der Waals surface area contributed by atoms with E-state index >= 15 is 0 Å². The van der Waals surface area contributed by atoms with Crippen LogP contribution in [0.15, 0.2) is 24.3 Å². The molecule has 0 atom stereocenters. The Balaban J connectivity index is 1.64. The average molecular weight is 318 g/mol. The number of hydrogen-bond donors (Lipinski definition) is 1. The molecule has 1 aromatic carbocycles. The Morgan fingerprint density at radius 3 is 2.09 bits per heavy atom. The van der Waals surface area contributed by atoms with Crippen molar-refractivity contribution in [3.63, 3.8) is 0 Å². The van der Waals surface area contributed by atoms with Crippen LogP contribution in [0.5, 0.6) is 5.75 Å². The van der Waals surface area contributed by atoms with Gasteiger partial charge in [0.15, 0.2) is 0 Å². The highest BCUT2D eigenvalue weighted by molar-refractivity contribution is 7.15. The van der Waals surface area contributed by atoms with E-state index in [1.807, 2.05) is 12.1 Å². The molecular formula is C16H22N4OS. The maximum Gasteiger partial charge on any atom is 0.208 e. The number of rotatable bonds is 2. The van der Waals surface area contributed by atoms with E-state index in [0.29, 0.717) is 5.75 Å². The van der Waals surface area contributed by atoms with Crippen LogP contribution < -0.4 is 9.80 Å². The van der Waals surface area contributed by atoms with Crippen molar-refractivity contribution >= 4 is 22.2 Å². The van der Waals surface area contributed by atoms with Crippen LogP contribution in [0.25, 0.3) is 0 Å². The van der Waals surface area contributed by atoms with Crippen molar-refractivity contribution in [1.29, 1.82) is 0 Å². The van der Waals surface area contributed by atoms with E-state index in [2.05, 4.69) is 40.8 Å². The minimum Gasteiger partial charge on any atom is -0.508 e. The Hall–Kier alpha value is -1.82. The molecule has 22 heavy (non-hydrogen) atoms. The Labute approximate surface area is 135 Å². The Bertz CT molecular complexity index is 624. The molecule has 0 aliphatic carbocycles. The second-order valence-corrected chi connectivity index (χ2v) is 7.59. The van der Waals surface area contributed by atoms with Crippen molar-refractivity contribution < 1.29 is 5.11 Å². The van der Waals surface area contributed by atoms with Crippen molar-refractivity contribution in [1.82, 2.24) is 10.2 Å². The van der Waals surface area contributed by atoms with Crippen molar-refractivity contribution in [3.05, 3.63) is 29.3 Å². The molecule has 0 unspecified atom stereocenters. The first-order valence-electron chi connectivity index (χ1n) is 7.56. The third-order valence-corrected chi connectivity index (χ3v) is 5.23. The molecule has 1 fully saturated rings. The molecule has 1 aliphatic heterocycles. The third kappa shape index (κ3) is 3.16. The van der Waals surface area contributed by atoms with Gasteiger partial charge in [-0.15, -0.1) is 10.2 Å². The molecule has 1 saturated heterocycles. The summed E-state index contributed by atoms with van der Waals surface area (Å²) in [7, 11) is 0. The summed E-state index contributed by atoms with van der Waals surface area (Å²) in [5.41, 5.74) is 1.22. The number of anilines is 2. The van der Waals surface area contributed by atoms with Crippen LogP contribution in [0.4, 0.5) is 10.8 Å². The maximum atomic E-state index is 9.37. The van der Waals surface area contributed by atoms with Crippen LogP contribution in [0.1, 0.15) is 25.8 Å². The first kappa shape index (κ1) is 15.1. The van der Waals surface area contributed by atoms with E-state index in [-0.39, 0.29) is 5.41 Å². The summed E-state index contributed by atoms with van der Waals surface area (Å²) in [5.74, 6) is 0.311. The van der Waals surface area contributed by atoms with Crippen LogP contribution in [0, 0.1) is 0 Å². The summed E-state index contributed by atoms with van der Waals surface area (Å²) >= 11 is 1.70. The smallest absolute Gasteiger partial charge is 0.208 e. The largest absolute Gasteiger partial charge is 0.508 e. The Morgan fingerprint density at radius 2 is 1.55 bits per heavy atom. The van der Waals surface area contributed by atoms with E-state index in [4.69, 9.17) is 0 Å². The molecule has 3 rings (SSSR count). The third-order valence-electron chi connectivity index (χ3n) is 3.82. The molecule has 1 aromatic heterocycles. The lowest BCUT2D eigenvalue weighted by molar-refractivity contribution is 0.475. The van der Waals surface area contributed by atoms with Crippen LogP contribution in [0.3, 0.4) is 0 Å². The quantitative estimate of drug-likeness (QED) is 0.923. The molecule has 1 N–H and O–H groups in total. The first-order valence-corrected chi connectivity index (χ1v) is 8.38. The van der Waals surface area contributed by atoms with Gasteiger partial charge in [0, 0.05) is 37.3 Å². The van der Waals surface area contributed by atoms with Gasteiger partial charge >= 0.3 is 0 Å². The normalized spacial score (nSPS) is 16.1. The second-order valence-electron chi connectivity index (χ2n) is 6.63. The highest BCUT2D eigenvalue weighted by atomic mass is 32.1. The average Bonchev–Trinajstić information content (AvgIpc) is 2.98. The second kappa shape index (κ2) is 5.76. The lowest BCUT2D eigenvalue weighted by Crippen LogP contribution is -2.46. The first-order chi connectivity index (χ1) is 10.4. The maximum absolute atomic E-state index is 9.37. The van der Waals surface area contributed by atoms with E-state index in [1.54, 1.807) is 23.5 Å². The molecule has 0 spiro atoms. The van der Waals surface area contributed by atoms with Gasteiger partial charge in [-0.3, -0.25) is 0 Å². The molecule has 5 nitrogen and oxygen atoms in total. The van der Waals surface area contributed by atoms with Crippen molar-refractivity contribution in [2.45, 2.75) is 26.2 Å². The molecule has 118 valence electrons. The van der Waals surface area contributed by atoms with Crippen LogP contribution in [-0.4, -0.2) is 41.5 Å². The zero-order valence-electron chi connectivity index (χ0n) is 13.3. The number of nitrogens with zero attached hydrogens (tertiary/aromatic N) is 4. The Kier molecular flexibility index (Phi) is 3.95.